The maximum absolute atomic E-state index is 11.2. The summed E-state index contributed by atoms with van der Waals surface area (Å²) < 4.78 is 5.30. The average molecular weight is 348 g/mol. The molecular formula is C20H26ClNO2. The molecule has 1 N–H and O–H groups in total. The van der Waals surface area contributed by atoms with Crippen molar-refractivity contribution >= 4 is 12.4 Å². The number of β-amino-alcohol motifs (C(OH)–C–C–N with tert-alkyl or cyclic N) is 1. The van der Waals surface area contributed by atoms with Crippen molar-refractivity contribution in [3.05, 3.63) is 65.2 Å². The summed E-state index contributed by atoms with van der Waals surface area (Å²) in [5.74, 6) is 0.798. The van der Waals surface area contributed by atoms with E-state index in [1.165, 1.54) is 11.1 Å². The molecule has 1 aliphatic heterocycles. The van der Waals surface area contributed by atoms with Crippen molar-refractivity contribution in [3.8, 4) is 5.75 Å². The molecule has 24 heavy (non-hydrogen) atoms. The minimum atomic E-state index is -0.795. The Labute approximate surface area is 150 Å². The van der Waals surface area contributed by atoms with E-state index >= 15 is 0 Å². The van der Waals surface area contributed by atoms with E-state index in [1.807, 2.05) is 24.3 Å². The Morgan fingerprint density at radius 3 is 2.71 bits per heavy atom. The Hall–Kier alpha value is -1.55. The molecule has 0 bridgehead atoms. The molecule has 0 aliphatic carbocycles. The molecule has 1 unspecified atom stereocenters. The zero-order valence-electron chi connectivity index (χ0n) is 14.4. The number of benzene rings is 2. The van der Waals surface area contributed by atoms with Crippen molar-refractivity contribution in [2.24, 2.45) is 0 Å². The number of hydrogen-bond donors (Lipinski definition) is 1. The van der Waals surface area contributed by atoms with E-state index in [0.29, 0.717) is 6.54 Å². The van der Waals surface area contributed by atoms with E-state index in [0.717, 1.165) is 37.2 Å². The molecule has 0 saturated carbocycles. The standard InChI is InChI=1S/C20H25NO2.ClH/c1-16-6-3-7-17(12-16)14-21-11-5-10-20(22,15-21)18-8-4-9-19(13-18)23-2;/h3-4,6-9,12-13,22H,5,10-11,14-15H2,1-2H3;1H. The van der Waals surface area contributed by atoms with Gasteiger partial charge in [-0.25, -0.2) is 0 Å². The van der Waals surface area contributed by atoms with Crippen molar-refractivity contribution in [2.75, 3.05) is 20.2 Å². The average Bonchev–Trinajstić information content (AvgIpc) is 2.55. The first kappa shape index (κ1) is 18.8. The van der Waals surface area contributed by atoms with Crippen LogP contribution in [0.4, 0.5) is 0 Å². The van der Waals surface area contributed by atoms with Crippen LogP contribution in [0.25, 0.3) is 0 Å². The zero-order chi connectivity index (χ0) is 16.3. The number of nitrogens with zero attached hydrogens (tertiary/aromatic N) is 1. The van der Waals surface area contributed by atoms with Gasteiger partial charge in [0.15, 0.2) is 0 Å². The lowest BCUT2D eigenvalue weighted by molar-refractivity contribution is -0.0382. The Morgan fingerprint density at radius 1 is 1.17 bits per heavy atom. The van der Waals surface area contributed by atoms with E-state index < -0.39 is 5.60 Å². The summed E-state index contributed by atoms with van der Waals surface area (Å²) in [6, 6.07) is 16.4. The lowest BCUT2D eigenvalue weighted by atomic mass is 9.85. The first-order chi connectivity index (χ1) is 11.1. The van der Waals surface area contributed by atoms with Gasteiger partial charge in [-0.1, -0.05) is 42.0 Å². The number of rotatable bonds is 4. The maximum atomic E-state index is 11.2. The number of hydrogen-bond acceptors (Lipinski definition) is 3. The van der Waals surface area contributed by atoms with Gasteiger partial charge in [-0.05, 0) is 49.6 Å². The van der Waals surface area contributed by atoms with Gasteiger partial charge in [-0.3, -0.25) is 4.90 Å². The third-order valence-electron chi connectivity index (χ3n) is 4.65. The topological polar surface area (TPSA) is 32.7 Å². The van der Waals surface area contributed by atoms with Gasteiger partial charge < -0.3 is 9.84 Å². The summed E-state index contributed by atoms with van der Waals surface area (Å²) >= 11 is 0. The van der Waals surface area contributed by atoms with Crippen molar-refractivity contribution < 1.29 is 9.84 Å². The smallest absolute Gasteiger partial charge is 0.119 e. The number of halogens is 1. The van der Waals surface area contributed by atoms with Gasteiger partial charge in [0.1, 0.15) is 11.4 Å². The molecule has 1 aliphatic rings. The fourth-order valence-electron chi connectivity index (χ4n) is 3.47. The largest absolute Gasteiger partial charge is 0.497 e. The highest BCUT2D eigenvalue weighted by atomic mass is 35.5. The molecule has 130 valence electrons. The molecule has 1 fully saturated rings. The second kappa shape index (κ2) is 8.02. The van der Waals surface area contributed by atoms with Crippen LogP contribution >= 0.6 is 12.4 Å². The maximum Gasteiger partial charge on any atom is 0.119 e. The van der Waals surface area contributed by atoms with Gasteiger partial charge in [0.25, 0.3) is 0 Å². The number of methoxy groups -OCH3 is 1. The second-order valence-corrected chi connectivity index (χ2v) is 6.57. The highest BCUT2D eigenvalue weighted by Gasteiger charge is 2.35. The predicted molar refractivity (Wildman–Crippen MR) is 99.8 cm³/mol. The molecule has 0 radical (unpaired) electrons. The third-order valence-corrected chi connectivity index (χ3v) is 4.65. The highest BCUT2D eigenvalue weighted by Crippen LogP contribution is 2.33. The molecule has 0 amide bonds. The minimum Gasteiger partial charge on any atom is -0.497 e. The first-order valence-corrected chi connectivity index (χ1v) is 8.24. The first-order valence-electron chi connectivity index (χ1n) is 8.24. The Bertz CT molecular complexity index is 676. The van der Waals surface area contributed by atoms with Crippen LogP contribution < -0.4 is 4.74 Å². The van der Waals surface area contributed by atoms with Crippen LogP contribution in [0, 0.1) is 6.92 Å². The number of aryl methyl sites for hydroxylation is 1. The molecule has 0 aromatic heterocycles. The molecule has 2 aromatic rings. The Kier molecular flexibility index (Phi) is 6.27. The number of likely N-dealkylation sites (tertiary alicyclic amines) is 1. The fourth-order valence-corrected chi connectivity index (χ4v) is 3.47. The number of aliphatic hydroxyl groups is 1. The number of ether oxygens (including phenoxy) is 1. The zero-order valence-corrected chi connectivity index (χ0v) is 15.2. The van der Waals surface area contributed by atoms with Gasteiger partial charge >= 0.3 is 0 Å². The lowest BCUT2D eigenvalue weighted by Gasteiger charge is -2.39. The Balaban J connectivity index is 0.00000208. The normalized spacial score (nSPS) is 21.1. The third kappa shape index (κ3) is 4.29. The van der Waals surface area contributed by atoms with E-state index in [9.17, 15) is 5.11 Å². The van der Waals surface area contributed by atoms with Gasteiger partial charge in [-0.15, -0.1) is 12.4 Å². The van der Waals surface area contributed by atoms with Crippen LogP contribution in [0.15, 0.2) is 48.5 Å². The second-order valence-electron chi connectivity index (χ2n) is 6.57. The molecule has 2 aromatic carbocycles. The van der Waals surface area contributed by atoms with Crippen LogP contribution in [-0.4, -0.2) is 30.2 Å². The molecule has 3 nitrogen and oxygen atoms in total. The van der Waals surface area contributed by atoms with E-state index in [-0.39, 0.29) is 12.4 Å². The van der Waals surface area contributed by atoms with Crippen LogP contribution in [0.2, 0.25) is 0 Å². The van der Waals surface area contributed by atoms with Crippen LogP contribution in [0.3, 0.4) is 0 Å². The van der Waals surface area contributed by atoms with Crippen molar-refractivity contribution in [3.63, 3.8) is 0 Å². The summed E-state index contributed by atoms with van der Waals surface area (Å²) in [7, 11) is 1.66. The summed E-state index contributed by atoms with van der Waals surface area (Å²) in [6.07, 6.45) is 1.80. The monoisotopic (exact) mass is 347 g/mol. The van der Waals surface area contributed by atoms with Gasteiger partial charge in [0.05, 0.1) is 7.11 Å². The highest BCUT2D eigenvalue weighted by molar-refractivity contribution is 5.85. The summed E-state index contributed by atoms with van der Waals surface area (Å²) in [5, 5.41) is 11.2. The molecule has 1 heterocycles. The predicted octanol–water partition coefficient (Wildman–Crippen LogP) is 3.91. The molecular weight excluding hydrogens is 322 g/mol. The number of piperidine rings is 1. The van der Waals surface area contributed by atoms with Crippen molar-refractivity contribution in [1.29, 1.82) is 0 Å². The summed E-state index contributed by atoms with van der Waals surface area (Å²) in [6.45, 7) is 4.69. The Morgan fingerprint density at radius 2 is 1.96 bits per heavy atom. The van der Waals surface area contributed by atoms with Gasteiger partial charge in [0.2, 0.25) is 0 Å². The van der Waals surface area contributed by atoms with E-state index in [2.05, 4.69) is 36.1 Å². The van der Waals surface area contributed by atoms with Crippen molar-refractivity contribution in [2.45, 2.75) is 31.9 Å². The molecule has 3 rings (SSSR count). The van der Waals surface area contributed by atoms with Crippen LogP contribution in [-0.2, 0) is 12.1 Å². The summed E-state index contributed by atoms with van der Waals surface area (Å²) in [4.78, 5) is 2.34. The fraction of sp³-hybridized carbons (Fsp3) is 0.400. The van der Waals surface area contributed by atoms with Gasteiger partial charge in [-0.2, -0.15) is 0 Å². The van der Waals surface area contributed by atoms with Crippen molar-refractivity contribution in [1.82, 2.24) is 4.90 Å². The molecule has 1 saturated heterocycles. The van der Waals surface area contributed by atoms with Crippen LogP contribution in [0.1, 0.15) is 29.5 Å². The SMILES string of the molecule is COc1cccc(C2(O)CCCN(Cc3cccc(C)c3)C2)c1.Cl. The molecule has 4 heteroatoms. The van der Waals surface area contributed by atoms with E-state index in [4.69, 9.17) is 4.74 Å². The summed E-state index contributed by atoms with van der Waals surface area (Å²) in [5.41, 5.74) is 2.74. The lowest BCUT2D eigenvalue weighted by Crippen LogP contribution is -2.45. The van der Waals surface area contributed by atoms with Crippen LogP contribution in [0.5, 0.6) is 5.75 Å². The van der Waals surface area contributed by atoms with E-state index in [1.54, 1.807) is 7.11 Å². The van der Waals surface area contributed by atoms with Gasteiger partial charge in [0, 0.05) is 13.1 Å². The molecule has 1 atom stereocenters. The minimum absolute atomic E-state index is 0. The quantitative estimate of drug-likeness (QED) is 0.910. The molecule has 0 spiro atoms.